The predicted octanol–water partition coefficient (Wildman–Crippen LogP) is 0.791. The molecule has 5 nitrogen and oxygen atoms in total. The molecule has 1 N–H and O–H groups in total. The van der Waals surface area contributed by atoms with Crippen LogP contribution in [0.3, 0.4) is 0 Å². The average molecular weight is 319 g/mol. The van der Waals surface area contributed by atoms with Crippen LogP contribution in [0, 0.1) is 5.82 Å². The molecule has 2 aliphatic heterocycles. The van der Waals surface area contributed by atoms with Crippen LogP contribution in [0.5, 0.6) is 0 Å². The van der Waals surface area contributed by atoms with Gasteiger partial charge in [-0.2, -0.15) is 0 Å². The molecular weight excluding hydrogens is 297 g/mol. The highest BCUT2D eigenvalue weighted by Gasteiger charge is 2.31. The number of hydrogen-bond donors (Lipinski definition) is 1. The second-order valence-electron chi connectivity index (χ2n) is 6.20. The highest BCUT2D eigenvalue weighted by atomic mass is 19.1. The van der Waals surface area contributed by atoms with E-state index in [2.05, 4.69) is 5.32 Å². The molecule has 1 unspecified atom stereocenters. The number of piperidine rings is 1. The summed E-state index contributed by atoms with van der Waals surface area (Å²) in [5.41, 5.74) is 0.816. The summed E-state index contributed by atoms with van der Waals surface area (Å²) in [6, 6.07) is 6.17. The molecule has 2 saturated heterocycles. The maximum Gasteiger partial charge on any atom is 0.236 e. The third-order valence-electron chi connectivity index (χ3n) is 4.58. The Morgan fingerprint density at radius 1 is 1.26 bits per heavy atom. The number of halogens is 1. The van der Waals surface area contributed by atoms with Gasteiger partial charge in [0.15, 0.2) is 0 Å². The van der Waals surface area contributed by atoms with Crippen LogP contribution < -0.4 is 5.32 Å². The van der Waals surface area contributed by atoms with Crippen molar-refractivity contribution in [2.75, 3.05) is 32.7 Å². The van der Waals surface area contributed by atoms with Crippen molar-refractivity contribution in [1.29, 1.82) is 0 Å². The number of piperazine rings is 1. The van der Waals surface area contributed by atoms with Crippen molar-refractivity contribution in [1.82, 2.24) is 15.1 Å². The maximum absolute atomic E-state index is 12.9. The van der Waals surface area contributed by atoms with Crippen molar-refractivity contribution in [2.45, 2.75) is 25.3 Å². The lowest BCUT2D eigenvalue weighted by Gasteiger charge is -2.41. The first-order valence-electron chi connectivity index (χ1n) is 8.16. The molecule has 124 valence electrons. The van der Waals surface area contributed by atoms with E-state index in [9.17, 15) is 14.0 Å². The number of nitrogens with zero attached hydrogens (tertiary/aromatic N) is 2. The number of nitrogens with one attached hydrogen (secondary N) is 1. The molecule has 0 saturated carbocycles. The van der Waals surface area contributed by atoms with Gasteiger partial charge in [0.1, 0.15) is 5.82 Å². The largest absolute Gasteiger partial charge is 0.340 e. The lowest BCUT2D eigenvalue weighted by Crippen LogP contribution is -2.57. The van der Waals surface area contributed by atoms with Gasteiger partial charge in [-0.05, 0) is 30.5 Å². The van der Waals surface area contributed by atoms with Crippen LogP contribution in [0.4, 0.5) is 4.39 Å². The minimum atomic E-state index is -0.295. The molecule has 1 aromatic rings. The monoisotopic (exact) mass is 319 g/mol. The van der Waals surface area contributed by atoms with E-state index in [0.717, 1.165) is 31.5 Å². The highest BCUT2D eigenvalue weighted by molar-refractivity contribution is 5.80. The first-order chi connectivity index (χ1) is 11.1. The Hall–Kier alpha value is -1.95. The van der Waals surface area contributed by atoms with Crippen molar-refractivity contribution in [3.8, 4) is 0 Å². The first-order valence-corrected chi connectivity index (χ1v) is 8.16. The molecule has 1 aromatic carbocycles. The molecule has 0 bridgehead atoms. The Balaban J connectivity index is 1.60. The van der Waals surface area contributed by atoms with E-state index in [1.807, 2.05) is 9.80 Å². The number of rotatable bonds is 3. The lowest BCUT2D eigenvalue weighted by molar-refractivity contribution is -0.140. The van der Waals surface area contributed by atoms with Gasteiger partial charge in [0.05, 0.1) is 13.0 Å². The fourth-order valence-corrected chi connectivity index (χ4v) is 3.33. The molecule has 2 amide bonds. The standard InChI is InChI=1S/C17H22FN3O2/c18-14-5-3-13(4-6-14)10-16(22)20-8-1-2-15(12-20)21-9-7-19-11-17(21)23/h3-6,15,19H,1-2,7-12H2. The second-order valence-corrected chi connectivity index (χ2v) is 6.20. The molecule has 0 aromatic heterocycles. The molecule has 2 aliphatic rings. The third kappa shape index (κ3) is 3.88. The zero-order valence-corrected chi connectivity index (χ0v) is 13.1. The van der Waals surface area contributed by atoms with Gasteiger partial charge in [-0.15, -0.1) is 0 Å². The van der Waals surface area contributed by atoms with E-state index in [0.29, 0.717) is 19.6 Å². The third-order valence-corrected chi connectivity index (χ3v) is 4.58. The molecule has 0 spiro atoms. The summed E-state index contributed by atoms with van der Waals surface area (Å²) >= 11 is 0. The van der Waals surface area contributed by atoms with Crippen LogP contribution in [-0.4, -0.2) is 60.4 Å². The van der Waals surface area contributed by atoms with Gasteiger partial charge in [-0.1, -0.05) is 12.1 Å². The lowest BCUT2D eigenvalue weighted by atomic mass is 10.0. The quantitative estimate of drug-likeness (QED) is 0.896. The van der Waals surface area contributed by atoms with E-state index in [4.69, 9.17) is 0 Å². The number of amides is 2. The Kier molecular flexibility index (Phi) is 4.91. The molecule has 0 radical (unpaired) electrons. The molecule has 0 aliphatic carbocycles. The molecule has 3 rings (SSSR count). The van der Waals surface area contributed by atoms with Crippen LogP contribution in [-0.2, 0) is 16.0 Å². The molecule has 2 heterocycles. The highest BCUT2D eigenvalue weighted by Crippen LogP contribution is 2.18. The normalized spacial score (nSPS) is 22.3. The van der Waals surface area contributed by atoms with Gasteiger partial charge in [0, 0.05) is 32.2 Å². The van der Waals surface area contributed by atoms with E-state index >= 15 is 0 Å². The molecule has 23 heavy (non-hydrogen) atoms. The van der Waals surface area contributed by atoms with Crippen molar-refractivity contribution < 1.29 is 14.0 Å². The number of hydrogen-bond acceptors (Lipinski definition) is 3. The van der Waals surface area contributed by atoms with E-state index < -0.39 is 0 Å². The first kappa shape index (κ1) is 15.9. The number of benzene rings is 1. The molecule has 6 heteroatoms. The zero-order valence-electron chi connectivity index (χ0n) is 13.1. The summed E-state index contributed by atoms with van der Waals surface area (Å²) in [6.07, 6.45) is 2.14. The summed E-state index contributed by atoms with van der Waals surface area (Å²) in [6.45, 7) is 3.25. The second kappa shape index (κ2) is 7.08. The van der Waals surface area contributed by atoms with Crippen LogP contribution in [0.15, 0.2) is 24.3 Å². The van der Waals surface area contributed by atoms with Gasteiger partial charge in [0.2, 0.25) is 11.8 Å². The van der Waals surface area contributed by atoms with Gasteiger partial charge in [-0.3, -0.25) is 9.59 Å². The van der Waals surface area contributed by atoms with Crippen molar-refractivity contribution in [3.05, 3.63) is 35.6 Å². The van der Waals surface area contributed by atoms with E-state index in [-0.39, 0.29) is 30.1 Å². The number of likely N-dealkylation sites (tertiary alicyclic amines) is 1. The van der Waals surface area contributed by atoms with E-state index in [1.165, 1.54) is 12.1 Å². The molecular formula is C17H22FN3O2. The van der Waals surface area contributed by atoms with Gasteiger partial charge >= 0.3 is 0 Å². The SMILES string of the molecule is O=C(Cc1ccc(F)cc1)N1CCCC(N2CCNCC2=O)C1. The van der Waals surface area contributed by atoms with Crippen molar-refractivity contribution >= 4 is 11.8 Å². The summed E-state index contributed by atoms with van der Waals surface area (Å²) in [5, 5.41) is 3.07. The van der Waals surface area contributed by atoms with Gasteiger partial charge < -0.3 is 15.1 Å². The summed E-state index contributed by atoms with van der Waals surface area (Å²) in [7, 11) is 0. The van der Waals surface area contributed by atoms with Crippen LogP contribution >= 0.6 is 0 Å². The van der Waals surface area contributed by atoms with Crippen molar-refractivity contribution in [2.24, 2.45) is 0 Å². The summed E-state index contributed by atoms with van der Waals surface area (Å²) < 4.78 is 12.9. The van der Waals surface area contributed by atoms with Crippen LogP contribution in [0.1, 0.15) is 18.4 Å². The molecule has 2 fully saturated rings. The Morgan fingerprint density at radius 3 is 2.78 bits per heavy atom. The summed E-state index contributed by atoms with van der Waals surface area (Å²) in [4.78, 5) is 28.2. The van der Waals surface area contributed by atoms with E-state index in [1.54, 1.807) is 12.1 Å². The zero-order chi connectivity index (χ0) is 16.2. The minimum Gasteiger partial charge on any atom is -0.340 e. The topological polar surface area (TPSA) is 52.7 Å². The Labute approximate surface area is 135 Å². The predicted molar refractivity (Wildman–Crippen MR) is 84.3 cm³/mol. The number of carbonyl (C=O) groups is 2. The fraction of sp³-hybridized carbons (Fsp3) is 0.529. The van der Waals surface area contributed by atoms with Crippen LogP contribution in [0.2, 0.25) is 0 Å². The average Bonchev–Trinajstić information content (AvgIpc) is 2.57. The summed E-state index contributed by atoms with van der Waals surface area (Å²) in [5.74, 6) is -0.130. The maximum atomic E-state index is 12.9. The number of carbonyl (C=O) groups excluding carboxylic acids is 2. The minimum absolute atomic E-state index is 0.0453. The van der Waals surface area contributed by atoms with Gasteiger partial charge in [-0.25, -0.2) is 4.39 Å². The van der Waals surface area contributed by atoms with Gasteiger partial charge in [0.25, 0.3) is 0 Å². The smallest absolute Gasteiger partial charge is 0.236 e. The fourth-order valence-electron chi connectivity index (χ4n) is 3.33. The Morgan fingerprint density at radius 2 is 2.04 bits per heavy atom. The Bertz CT molecular complexity index is 576. The van der Waals surface area contributed by atoms with Crippen molar-refractivity contribution in [3.63, 3.8) is 0 Å². The molecule has 1 atom stereocenters. The van der Waals surface area contributed by atoms with Crippen LogP contribution in [0.25, 0.3) is 0 Å².